The molecule has 0 amide bonds. The van der Waals surface area contributed by atoms with Crippen LogP contribution in [0.3, 0.4) is 0 Å². The third-order valence-electron chi connectivity index (χ3n) is 3.27. The zero-order chi connectivity index (χ0) is 13.5. The average Bonchev–Trinajstić information content (AvgIpc) is 2.93. The quantitative estimate of drug-likeness (QED) is 0.842. The first-order chi connectivity index (χ1) is 9.29. The van der Waals surface area contributed by atoms with Crippen LogP contribution in [0.2, 0.25) is 0 Å². The van der Waals surface area contributed by atoms with Crippen molar-refractivity contribution in [3.8, 4) is 0 Å². The third kappa shape index (κ3) is 4.42. The molecule has 0 bridgehead atoms. The largest absolute Gasteiger partial charge is 0.313 e. The summed E-state index contributed by atoms with van der Waals surface area (Å²) in [6, 6.07) is 11.0. The number of nitrogens with zero attached hydrogens (tertiary/aromatic N) is 2. The van der Waals surface area contributed by atoms with Gasteiger partial charge in [-0.05, 0) is 26.1 Å². The summed E-state index contributed by atoms with van der Waals surface area (Å²) in [5.74, 6) is 0. The van der Waals surface area contributed by atoms with Crippen LogP contribution in [0.4, 0.5) is 0 Å². The van der Waals surface area contributed by atoms with Crippen LogP contribution in [0.5, 0.6) is 0 Å². The number of rotatable bonds is 7. The molecule has 1 N–H and O–H groups in total. The molecular weight excluding hydrogens is 254 g/mol. The molecule has 1 aromatic heterocycles. The van der Waals surface area contributed by atoms with E-state index < -0.39 is 0 Å². The molecule has 0 saturated carbocycles. The van der Waals surface area contributed by atoms with Gasteiger partial charge in [0.25, 0.3) is 0 Å². The lowest BCUT2D eigenvalue weighted by atomic mass is 10.0. The van der Waals surface area contributed by atoms with Gasteiger partial charge < -0.3 is 10.2 Å². The summed E-state index contributed by atoms with van der Waals surface area (Å²) in [6.45, 7) is 1.98. The Morgan fingerprint density at radius 2 is 2.11 bits per heavy atom. The van der Waals surface area contributed by atoms with Crippen molar-refractivity contribution in [1.29, 1.82) is 0 Å². The van der Waals surface area contributed by atoms with Gasteiger partial charge in [0.2, 0.25) is 0 Å². The summed E-state index contributed by atoms with van der Waals surface area (Å²) in [6.07, 6.45) is 1.10. The Kier molecular flexibility index (Phi) is 5.51. The minimum absolute atomic E-state index is 0.416. The van der Waals surface area contributed by atoms with Crippen LogP contribution in [0.25, 0.3) is 0 Å². The van der Waals surface area contributed by atoms with Gasteiger partial charge in [-0.2, -0.15) is 0 Å². The van der Waals surface area contributed by atoms with Crippen LogP contribution >= 0.6 is 11.3 Å². The van der Waals surface area contributed by atoms with Crippen molar-refractivity contribution in [2.75, 3.05) is 20.6 Å². The Morgan fingerprint density at radius 3 is 2.74 bits per heavy atom. The van der Waals surface area contributed by atoms with Gasteiger partial charge in [0.1, 0.15) is 0 Å². The molecule has 0 aliphatic heterocycles. The predicted molar refractivity (Wildman–Crippen MR) is 81.3 cm³/mol. The maximum absolute atomic E-state index is 4.32. The van der Waals surface area contributed by atoms with Gasteiger partial charge in [0.15, 0.2) is 0 Å². The van der Waals surface area contributed by atoms with E-state index in [0.29, 0.717) is 6.04 Å². The first kappa shape index (κ1) is 14.2. The van der Waals surface area contributed by atoms with E-state index in [0.717, 1.165) is 25.2 Å². The van der Waals surface area contributed by atoms with Crippen LogP contribution in [-0.4, -0.2) is 30.5 Å². The molecule has 2 rings (SSSR count). The van der Waals surface area contributed by atoms with Crippen molar-refractivity contribution in [2.45, 2.75) is 19.0 Å². The second-order valence-corrected chi connectivity index (χ2v) is 5.48. The fourth-order valence-corrected chi connectivity index (χ4v) is 2.73. The molecule has 0 saturated heterocycles. The Balaban J connectivity index is 1.83. The highest BCUT2D eigenvalue weighted by atomic mass is 32.1. The molecule has 102 valence electrons. The second-order valence-electron chi connectivity index (χ2n) is 4.76. The van der Waals surface area contributed by atoms with Gasteiger partial charge in [0.05, 0.1) is 11.2 Å². The van der Waals surface area contributed by atoms with Crippen molar-refractivity contribution in [2.24, 2.45) is 0 Å². The average molecular weight is 275 g/mol. The van der Waals surface area contributed by atoms with Crippen molar-refractivity contribution >= 4 is 11.3 Å². The SMILES string of the molecule is CNC(CCN(C)Cc1cscn1)c1ccccc1. The molecule has 19 heavy (non-hydrogen) atoms. The second kappa shape index (κ2) is 7.38. The van der Waals surface area contributed by atoms with Crippen LogP contribution in [0, 0.1) is 0 Å². The predicted octanol–water partition coefficient (Wildman–Crippen LogP) is 2.93. The Labute approximate surface area is 119 Å². The fraction of sp³-hybridized carbons (Fsp3) is 0.400. The number of thiazole rings is 1. The zero-order valence-electron chi connectivity index (χ0n) is 11.5. The van der Waals surface area contributed by atoms with E-state index in [4.69, 9.17) is 0 Å². The number of hydrogen-bond donors (Lipinski definition) is 1. The normalized spacial score (nSPS) is 12.8. The molecule has 0 spiro atoms. The van der Waals surface area contributed by atoms with Crippen molar-refractivity contribution in [3.63, 3.8) is 0 Å². The lowest BCUT2D eigenvalue weighted by molar-refractivity contribution is 0.301. The summed E-state index contributed by atoms with van der Waals surface area (Å²) < 4.78 is 0. The van der Waals surface area contributed by atoms with E-state index in [2.05, 4.69) is 58.0 Å². The minimum Gasteiger partial charge on any atom is -0.313 e. The maximum atomic E-state index is 4.32. The van der Waals surface area contributed by atoms with Gasteiger partial charge in [-0.15, -0.1) is 11.3 Å². The van der Waals surface area contributed by atoms with E-state index in [9.17, 15) is 0 Å². The summed E-state index contributed by atoms with van der Waals surface area (Å²) in [7, 11) is 4.18. The van der Waals surface area contributed by atoms with Crippen LogP contribution in [0.1, 0.15) is 23.7 Å². The van der Waals surface area contributed by atoms with Gasteiger partial charge in [-0.25, -0.2) is 4.98 Å². The Hall–Kier alpha value is -1.23. The highest BCUT2D eigenvalue weighted by Crippen LogP contribution is 2.16. The van der Waals surface area contributed by atoms with Crippen molar-refractivity contribution in [1.82, 2.24) is 15.2 Å². The van der Waals surface area contributed by atoms with Crippen LogP contribution in [0.15, 0.2) is 41.2 Å². The number of aromatic nitrogens is 1. The molecule has 1 unspecified atom stereocenters. The molecule has 0 aliphatic rings. The highest BCUT2D eigenvalue weighted by molar-refractivity contribution is 7.07. The summed E-state index contributed by atoms with van der Waals surface area (Å²) >= 11 is 1.66. The van der Waals surface area contributed by atoms with Crippen LogP contribution < -0.4 is 5.32 Å². The van der Waals surface area contributed by atoms with Gasteiger partial charge in [0, 0.05) is 24.5 Å². The van der Waals surface area contributed by atoms with Gasteiger partial charge in [-0.1, -0.05) is 30.3 Å². The summed E-state index contributed by atoms with van der Waals surface area (Å²) in [4.78, 5) is 6.64. The van der Waals surface area contributed by atoms with E-state index >= 15 is 0 Å². The molecule has 4 heteroatoms. The molecule has 0 fully saturated rings. The van der Waals surface area contributed by atoms with Gasteiger partial charge >= 0.3 is 0 Å². The Morgan fingerprint density at radius 1 is 1.32 bits per heavy atom. The molecule has 1 heterocycles. The molecule has 0 radical (unpaired) electrons. The van der Waals surface area contributed by atoms with Crippen molar-refractivity contribution in [3.05, 3.63) is 52.5 Å². The van der Waals surface area contributed by atoms with Crippen molar-refractivity contribution < 1.29 is 0 Å². The molecule has 1 aromatic carbocycles. The zero-order valence-corrected chi connectivity index (χ0v) is 12.4. The van der Waals surface area contributed by atoms with E-state index in [-0.39, 0.29) is 0 Å². The maximum Gasteiger partial charge on any atom is 0.0795 e. The topological polar surface area (TPSA) is 28.2 Å². The monoisotopic (exact) mass is 275 g/mol. The van der Waals surface area contributed by atoms with Crippen LogP contribution in [-0.2, 0) is 6.54 Å². The molecule has 2 aromatic rings. The standard InChI is InChI=1S/C15H21N3S/c1-16-15(13-6-4-3-5-7-13)8-9-18(2)10-14-11-19-12-17-14/h3-7,11-12,15-16H,8-10H2,1-2H3. The summed E-state index contributed by atoms with van der Waals surface area (Å²) in [5, 5.41) is 5.51. The number of hydrogen-bond acceptors (Lipinski definition) is 4. The highest BCUT2D eigenvalue weighted by Gasteiger charge is 2.10. The Bertz CT molecular complexity index is 456. The van der Waals surface area contributed by atoms with E-state index in [1.807, 2.05) is 12.6 Å². The number of benzene rings is 1. The van der Waals surface area contributed by atoms with Gasteiger partial charge in [-0.3, -0.25) is 0 Å². The molecule has 1 atom stereocenters. The van der Waals surface area contributed by atoms with E-state index in [1.165, 1.54) is 5.56 Å². The fourth-order valence-electron chi connectivity index (χ4n) is 2.18. The minimum atomic E-state index is 0.416. The molecule has 0 aliphatic carbocycles. The lowest BCUT2D eigenvalue weighted by Crippen LogP contribution is -2.25. The first-order valence-electron chi connectivity index (χ1n) is 6.57. The number of nitrogens with one attached hydrogen (secondary N) is 1. The van der Waals surface area contributed by atoms with E-state index in [1.54, 1.807) is 11.3 Å². The first-order valence-corrected chi connectivity index (χ1v) is 7.51. The molecular formula is C15H21N3S. The third-order valence-corrected chi connectivity index (χ3v) is 3.90. The molecule has 3 nitrogen and oxygen atoms in total. The summed E-state index contributed by atoms with van der Waals surface area (Å²) in [5.41, 5.74) is 4.41. The smallest absolute Gasteiger partial charge is 0.0795 e. The lowest BCUT2D eigenvalue weighted by Gasteiger charge is -2.21.